The lowest BCUT2D eigenvalue weighted by Crippen LogP contribution is -2.49. The number of rotatable bonds is 4. The molecule has 9 heteroatoms. The van der Waals surface area contributed by atoms with E-state index >= 15 is 0 Å². The Morgan fingerprint density at radius 3 is 2.52 bits per heavy atom. The highest BCUT2D eigenvalue weighted by Crippen LogP contribution is 2.38. The summed E-state index contributed by atoms with van der Waals surface area (Å²) in [5, 5.41) is 12.2. The summed E-state index contributed by atoms with van der Waals surface area (Å²) in [5.74, 6) is -0.584. The number of nitriles is 1. The fourth-order valence-electron chi connectivity index (χ4n) is 3.48. The van der Waals surface area contributed by atoms with E-state index in [0.717, 1.165) is 12.1 Å². The molecule has 31 heavy (non-hydrogen) atoms. The summed E-state index contributed by atoms with van der Waals surface area (Å²) in [5.41, 5.74) is 0.558. The molecule has 2 atom stereocenters. The molecular formula is C22H20F3N3O2S. The van der Waals surface area contributed by atoms with Crippen LogP contribution < -0.4 is 10.2 Å². The fourth-order valence-corrected chi connectivity index (χ4v) is 3.94. The van der Waals surface area contributed by atoms with Crippen molar-refractivity contribution in [3.63, 3.8) is 0 Å². The maximum Gasteiger partial charge on any atom is 0.416 e. The van der Waals surface area contributed by atoms with Crippen LogP contribution in [0.1, 0.15) is 36.6 Å². The number of thiol groups is 1. The number of benzene rings is 2. The molecule has 2 aromatic rings. The minimum atomic E-state index is -4.50. The zero-order valence-corrected chi connectivity index (χ0v) is 17.7. The van der Waals surface area contributed by atoms with E-state index in [0.29, 0.717) is 16.8 Å². The minimum Gasteiger partial charge on any atom is -0.463 e. The van der Waals surface area contributed by atoms with Crippen LogP contribution in [0.4, 0.5) is 18.9 Å². The van der Waals surface area contributed by atoms with E-state index in [4.69, 9.17) is 10.00 Å². The van der Waals surface area contributed by atoms with Gasteiger partial charge in [-0.25, -0.2) is 4.79 Å². The van der Waals surface area contributed by atoms with Gasteiger partial charge in [-0.2, -0.15) is 18.4 Å². The topological polar surface area (TPSA) is 65.4 Å². The molecule has 0 saturated heterocycles. The van der Waals surface area contributed by atoms with Gasteiger partial charge in [-0.05, 0) is 49.7 Å². The molecule has 0 amide bonds. The summed E-state index contributed by atoms with van der Waals surface area (Å²) in [6.07, 6.45) is -4.50. The summed E-state index contributed by atoms with van der Waals surface area (Å²) in [7, 11) is 0. The highest BCUT2D eigenvalue weighted by Gasteiger charge is 2.37. The monoisotopic (exact) mass is 447 g/mol. The van der Waals surface area contributed by atoms with E-state index in [1.807, 2.05) is 6.07 Å². The van der Waals surface area contributed by atoms with Gasteiger partial charge in [0.2, 0.25) is 0 Å². The number of esters is 1. The van der Waals surface area contributed by atoms with E-state index in [-0.39, 0.29) is 17.9 Å². The van der Waals surface area contributed by atoms with Crippen molar-refractivity contribution in [3.8, 4) is 6.07 Å². The molecule has 0 saturated carbocycles. The van der Waals surface area contributed by atoms with Crippen molar-refractivity contribution in [1.29, 1.82) is 5.26 Å². The van der Waals surface area contributed by atoms with Crippen molar-refractivity contribution < 1.29 is 22.7 Å². The van der Waals surface area contributed by atoms with Gasteiger partial charge in [0.25, 0.3) is 0 Å². The van der Waals surface area contributed by atoms with Crippen molar-refractivity contribution in [2.75, 3.05) is 11.5 Å². The Bertz CT molecular complexity index is 1050. The predicted molar refractivity (Wildman–Crippen MR) is 113 cm³/mol. The number of nitrogens with zero attached hydrogens (tertiary/aromatic N) is 2. The highest BCUT2D eigenvalue weighted by molar-refractivity contribution is 7.81. The Hall–Kier alpha value is -2.96. The van der Waals surface area contributed by atoms with Gasteiger partial charge in [-0.15, -0.1) is 12.6 Å². The number of anilines is 1. The fraction of sp³-hybridized carbons (Fsp3) is 0.273. The number of allylic oxidation sites excluding steroid dienone is 1. The molecular weight excluding hydrogens is 427 g/mol. The van der Waals surface area contributed by atoms with Crippen molar-refractivity contribution in [3.05, 3.63) is 76.5 Å². The number of ether oxygens (including phenoxy) is 1. The number of hydrogen-bond donors (Lipinski definition) is 2. The number of alkyl halides is 3. The van der Waals surface area contributed by atoms with E-state index in [1.54, 1.807) is 38.1 Å². The van der Waals surface area contributed by atoms with Gasteiger partial charge in [0.1, 0.15) is 5.50 Å². The maximum atomic E-state index is 13.2. The summed E-state index contributed by atoms with van der Waals surface area (Å²) in [6.45, 7) is 3.46. The molecule has 1 aliphatic rings. The maximum absolute atomic E-state index is 13.2. The van der Waals surface area contributed by atoms with Crippen molar-refractivity contribution in [2.24, 2.45) is 0 Å². The second-order valence-electron chi connectivity index (χ2n) is 6.84. The number of carbonyl (C=O) groups is 1. The van der Waals surface area contributed by atoms with Gasteiger partial charge < -0.3 is 9.64 Å². The molecule has 0 aliphatic carbocycles. The molecule has 2 unspecified atom stereocenters. The molecule has 0 spiro atoms. The van der Waals surface area contributed by atoms with Gasteiger partial charge >= 0.3 is 12.1 Å². The largest absolute Gasteiger partial charge is 0.463 e. The van der Waals surface area contributed by atoms with Crippen molar-refractivity contribution in [1.82, 2.24) is 5.32 Å². The van der Waals surface area contributed by atoms with Crippen LogP contribution in [0.25, 0.3) is 0 Å². The second-order valence-corrected chi connectivity index (χ2v) is 7.33. The lowest BCUT2D eigenvalue weighted by molar-refractivity contribution is -0.139. The van der Waals surface area contributed by atoms with Crippen molar-refractivity contribution >= 4 is 24.3 Å². The molecule has 1 aliphatic heterocycles. The van der Waals surface area contributed by atoms with Crippen LogP contribution in [0.3, 0.4) is 0 Å². The molecule has 3 rings (SSSR count). The molecule has 0 aromatic heterocycles. The van der Waals surface area contributed by atoms with Crippen LogP contribution in [0.15, 0.2) is 59.8 Å². The average Bonchev–Trinajstić information content (AvgIpc) is 2.73. The minimum absolute atomic E-state index is 0.142. The van der Waals surface area contributed by atoms with Crippen molar-refractivity contribution in [2.45, 2.75) is 31.6 Å². The standard InChI is InChI=1S/C22H20F3N3O2S/c1-3-30-20(29)18-13(2)28(17-6-4-5-16(11-17)22(23,24)25)21(31)27-19(18)15-9-7-14(12-26)8-10-15/h4-11,19,21,27,31H,3H2,1-2H3. The van der Waals surface area contributed by atoms with E-state index < -0.39 is 29.2 Å². The first-order valence-corrected chi connectivity index (χ1v) is 9.97. The number of halogens is 3. The van der Waals surface area contributed by atoms with E-state index in [1.165, 1.54) is 17.0 Å². The summed E-state index contributed by atoms with van der Waals surface area (Å²) < 4.78 is 44.9. The zero-order valence-electron chi connectivity index (χ0n) is 16.8. The van der Waals surface area contributed by atoms with Gasteiger partial charge in [0.15, 0.2) is 0 Å². The second kappa shape index (κ2) is 9.04. The van der Waals surface area contributed by atoms with Gasteiger partial charge in [-0.3, -0.25) is 5.32 Å². The van der Waals surface area contributed by atoms with E-state index in [9.17, 15) is 18.0 Å². The molecule has 0 radical (unpaired) electrons. The Labute approximate surface area is 183 Å². The number of nitrogens with one attached hydrogen (secondary N) is 1. The number of carbonyl (C=O) groups excluding carboxylic acids is 1. The summed E-state index contributed by atoms with van der Waals surface area (Å²) in [6, 6.07) is 12.9. The van der Waals surface area contributed by atoms with Crippen LogP contribution in [0.2, 0.25) is 0 Å². The molecule has 2 aromatic carbocycles. The summed E-state index contributed by atoms with van der Waals surface area (Å²) >= 11 is 4.54. The third-order valence-electron chi connectivity index (χ3n) is 4.92. The molecule has 0 fully saturated rings. The van der Waals surface area contributed by atoms with Gasteiger partial charge in [0.05, 0.1) is 35.4 Å². The van der Waals surface area contributed by atoms with E-state index in [2.05, 4.69) is 17.9 Å². The molecule has 0 bridgehead atoms. The predicted octanol–water partition coefficient (Wildman–Crippen LogP) is 4.78. The van der Waals surface area contributed by atoms with Crippen LogP contribution in [-0.2, 0) is 15.7 Å². The zero-order chi connectivity index (χ0) is 22.8. The third-order valence-corrected chi connectivity index (χ3v) is 5.30. The van der Waals surface area contributed by atoms with Gasteiger partial charge in [-0.1, -0.05) is 18.2 Å². The van der Waals surface area contributed by atoms with Crippen LogP contribution >= 0.6 is 12.6 Å². The first kappa shape index (κ1) is 22.7. The van der Waals surface area contributed by atoms with Crippen LogP contribution in [-0.4, -0.2) is 18.1 Å². The average molecular weight is 447 g/mol. The smallest absolute Gasteiger partial charge is 0.416 e. The van der Waals surface area contributed by atoms with Crippen LogP contribution in [0, 0.1) is 11.3 Å². The normalized spacial score (nSPS) is 19.2. The highest BCUT2D eigenvalue weighted by atomic mass is 32.1. The Balaban J connectivity index is 2.12. The first-order valence-electron chi connectivity index (χ1n) is 9.46. The summed E-state index contributed by atoms with van der Waals surface area (Å²) in [4.78, 5) is 14.3. The molecule has 5 nitrogen and oxygen atoms in total. The number of hydrogen-bond acceptors (Lipinski definition) is 6. The lowest BCUT2D eigenvalue weighted by Gasteiger charge is -2.41. The Morgan fingerprint density at radius 2 is 1.94 bits per heavy atom. The Morgan fingerprint density at radius 1 is 1.26 bits per heavy atom. The third kappa shape index (κ3) is 4.70. The molecule has 1 N–H and O–H groups in total. The Kier molecular flexibility index (Phi) is 6.62. The molecule has 162 valence electrons. The SMILES string of the molecule is CCOC(=O)C1=C(C)N(c2cccc(C(F)(F)F)c2)C(S)NC1c1ccc(C#N)cc1. The first-order chi connectivity index (χ1) is 14.7. The lowest BCUT2D eigenvalue weighted by atomic mass is 9.94. The quantitative estimate of drug-likeness (QED) is 0.522. The van der Waals surface area contributed by atoms with Gasteiger partial charge in [0, 0.05) is 11.4 Å². The molecule has 1 heterocycles. The van der Waals surface area contributed by atoms with Crippen LogP contribution in [0.5, 0.6) is 0 Å².